The fourth-order valence-corrected chi connectivity index (χ4v) is 3.12. The van der Waals surface area contributed by atoms with Crippen LogP contribution in [0.1, 0.15) is 5.56 Å². The highest BCUT2D eigenvalue weighted by molar-refractivity contribution is 6.42. The highest BCUT2D eigenvalue weighted by Crippen LogP contribution is 2.35. The lowest BCUT2D eigenvalue weighted by atomic mass is 9.90. The van der Waals surface area contributed by atoms with Crippen LogP contribution >= 0.6 is 23.2 Å². The van der Waals surface area contributed by atoms with Crippen molar-refractivity contribution in [3.63, 3.8) is 0 Å². The second-order valence-corrected chi connectivity index (χ2v) is 6.56. The quantitative estimate of drug-likeness (QED) is 0.457. The van der Waals surface area contributed by atoms with Crippen LogP contribution in [0.2, 0.25) is 10.0 Å². The van der Waals surface area contributed by atoms with Crippen LogP contribution in [-0.4, -0.2) is 25.2 Å². The monoisotopic (exact) mass is 390 g/mol. The first-order valence-corrected chi connectivity index (χ1v) is 8.61. The van der Waals surface area contributed by atoms with Crippen molar-refractivity contribution in [1.29, 1.82) is 0 Å². The number of rotatable bonds is 6. The van der Waals surface area contributed by atoms with E-state index in [0.717, 1.165) is 4.90 Å². The molecule has 0 radical (unpaired) electrons. The van der Waals surface area contributed by atoms with E-state index in [-0.39, 0.29) is 18.2 Å². The fraction of sp³-hybridized carbons (Fsp3) is 0.158. The molecule has 3 amide bonds. The lowest BCUT2D eigenvalue weighted by Crippen LogP contribution is -2.48. The molecule has 0 aliphatic carbocycles. The molecular formula is C19H16Cl2N2O3. The molecule has 0 bridgehead atoms. The lowest BCUT2D eigenvalue weighted by molar-refractivity contribution is -0.124. The van der Waals surface area contributed by atoms with Gasteiger partial charge in [-0.3, -0.25) is 4.79 Å². The fourth-order valence-electron chi connectivity index (χ4n) is 2.83. The number of anilines is 1. The second-order valence-electron chi connectivity index (χ2n) is 5.74. The third kappa shape index (κ3) is 3.21. The maximum Gasteiger partial charge on any atom is 0.330 e. The molecule has 1 aliphatic heterocycles. The molecule has 3 rings (SSSR count). The molecule has 1 unspecified atom stereocenters. The number of carbonyl (C=O) groups excluding carboxylic acids is 2. The van der Waals surface area contributed by atoms with E-state index in [1.807, 2.05) is 6.07 Å². The van der Waals surface area contributed by atoms with Gasteiger partial charge in [-0.2, -0.15) is 0 Å². The summed E-state index contributed by atoms with van der Waals surface area (Å²) in [6, 6.07) is 13.0. The van der Waals surface area contributed by atoms with Crippen LogP contribution in [0, 0.1) is 0 Å². The molecule has 1 aliphatic rings. The molecule has 1 atom stereocenters. The normalized spacial score (nSPS) is 19.5. The van der Waals surface area contributed by atoms with Crippen molar-refractivity contribution in [2.24, 2.45) is 0 Å². The van der Waals surface area contributed by atoms with Gasteiger partial charge in [-0.15, -0.1) is 6.58 Å². The predicted molar refractivity (Wildman–Crippen MR) is 102 cm³/mol. The van der Waals surface area contributed by atoms with Crippen molar-refractivity contribution in [2.45, 2.75) is 5.54 Å². The summed E-state index contributed by atoms with van der Waals surface area (Å²) in [5.41, 5.74) is -0.360. The van der Waals surface area contributed by atoms with Gasteiger partial charge in [-0.1, -0.05) is 59.6 Å². The van der Waals surface area contributed by atoms with Crippen LogP contribution in [0.15, 0.2) is 61.2 Å². The Balaban J connectivity index is 2.03. The van der Waals surface area contributed by atoms with Gasteiger partial charge in [0.1, 0.15) is 0 Å². The SMILES string of the molecule is C=CCOCC1(c2ccccc2)NC(=O)N(c2ccc(Cl)c(Cl)c2)C1=O. The number of imide groups is 1. The second kappa shape index (κ2) is 7.50. The first-order valence-electron chi connectivity index (χ1n) is 7.85. The number of hydrogen-bond donors (Lipinski definition) is 1. The summed E-state index contributed by atoms with van der Waals surface area (Å²) in [6.07, 6.45) is 1.58. The minimum absolute atomic E-state index is 0.0224. The standard InChI is InChI=1S/C19H16Cl2N2O3/c1-2-10-26-12-19(13-6-4-3-5-7-13)17(24)23(18(25)22-19)14-8-9-15(20)16(21)11-14/h2-9,11H,1,10,12H2,(H,22,25). The average molecular weight is 391 g/mol. The molecular weight excluding hydrogens is 375 g/mol. The van der Waals surface area contributed by atoms with E-state index in [4.69, 9.17) is 27.9 Å². The van der Waals surface area contributed by atoms with Crippen molar-refractivity contribution in [1.82, 2.24) is 5.32 Å². The van der Waals surface area contributed by atoms with Crippen molar-refractivity contribution in [3.05, 3.63) is 76.8 Å². The number of halogens is 2. The van der Waals surface area contributed by atoms with Crippen LogP contribution in [0.4, 0.5) is 10.5 Å². The molecule has 1 saturated heterocycles. The van der Waals surface area contributed by atoms with Gasteiger partial charge in [0.15, 0.2) is 5.54 Å². The van der Waals surface area contributed by atoms with Crippen LogP contribution in [0.5, 0.6) is 0 Å². The Morgan fingerprint density at radius 3 is 2.50 bits per heavy atom. The molecule has 5 nitrogen and oxygen atoms in total. The Morgan fingerprint density at radius 2 is 1.85 bits per heavy atom. The number of nitrogens with zero attached hydrogens (tertiary/aromatic N) is 1. The predicted octanol–water partition coefficient (Wildman–Crippen LogP) is 4.15. The molecule has 1 fully saturated rings. The van der Waals surface area contributed by atoms with E-state index in [2.05, 4.69) is 11.9 Å². The molecule has 7 heteroatoms. The summed E-state index contributed by atoms with van der Waals surface area (Å²) in [5.74, 6) is -0.448. The zero-order valence-corrected chi connectivity index (χ0v) is 15.3. The summed E-state index contributed by atoms with van der Waals surface area (Å²) < 4.78 is 5.54. The maximum atomic E-state index is 13.3. The van der Waals surface area contributed by atoms with Crippen molar-refractivity contribution in [2.75, 3.05) is 18.1 Å². The number of amides is 3. The van der Waals surface area contributed by atoms with Gasteiger partial charge in [-0.25, -0.2) is 9.69 Å². The number of ether oxygens (including phenoxy) is 1. The van der Waals surface area contributed by atoms with Gasteiger partial charge in [0.05, 0.1) is 28.9 Å². The van der Waals surface area contributed by atoms with E-state index in [0.29, 0.717) is 16.3 Å². The van der Waals surface area contributed by atoms with Crippen LogP contribution < -0.4 is 10.2 Å². The highest BCUT2D eigenvalue weighted by Gasteiger charge is 2.53. The first kappa shape index (κ1) is 18.5. The Labute approximate surface area is 161 Å². The van der Waals surface area contributed by atoms with Crippen molar-refractivity contribution >= 4 is 40.8 Å². The molecule has 1 heterocycles. The largest absolute Gasteiger partial charge is 0.374 e. The molecule has 1 N–H and O–H groups in total. The number of urea groups is 1. The van der Waals surface area contributed by atoms with E-state index < -0.39 is 17.5 Å². The Bertz CT molecular complexity index is 857. The number of hydrogen-bond acceptors (Lipinski definition) is 3. The van der Waals surface area contributed by atoms with Gasteiger partial charge in [0, 0.05) is 0 Å². The summed E-state index contributed by atoms with van der Waals surface area (Å²) in [7, 11) is 0. The van der Waals surface area contributed by atoms with Crippen LogP contribution in [0.3, 0.4) is 0 Å². The van der Waals surface area contributed by atoms with Gasteiger partial charge in [-0.05, 0) is 23.8 Å². The molecule has 26 heavy (non-hydrogen) atoms. The lowest BCUT2D eigenvalue weighted by Gasteiger charge is -2.27. The van der Waals surface area contributed by atoms with E-state index in [1.54, 1.807) is 36.4 Å². The van der Waals surface area contributed by atoms with Crippen molar-refractivity contribution < 1.29 is 14.3 Å². The molecule has 0 aromatic heterocycles. The van der Waals surface area contributed by atoms with E-state index in [1.165, 1.54) is 12.1 Å². The minimum Gasteiger partial charge on any atom is -0.374 e. The van der Waals surface area contributed by atoms with E-state index in [9.17, 15) is 9.59 Å². The summed E-state index contributed by atoms with van der Waals surface area (Å²) >= 11 is 12.0. The topological polar surface area (TPSA) is 58.6 Å². The number of carbonyl (C=O) groups is 2. The maximum absolute atomic E-state index is 13.3. The molecule has 2 aromatic rings. The molecule has 2 aromatic carbocycles. The Morgan fingerprint density at radius 1 is 1.12 bits per heavy atom. The van der Waals surface area contributed by atoms with Gasteiger partial charge in [0.2, 0.25) is 0 Å². The number of nitrogens with one attached hydrogen (secondary N) is 1. The third-order valence-corrected chi connectivity index (χ3v) is 4.81. The Kier molecular flexibility index (Phi) is 5.32. The zero-order chi connectivity index (χ0) is 18.7. The third-order valence-electron chi connectivity index (χ3n) is 4.07. The smallest absolute Gasteiger partial charge is 0.330 e. The number of benzene rings is 2. The van der Waals surface area contributed by atoms with Crippen molar-refractivity contribution in [3.8, 4) is 0 Å². The molecule has 134 valence electrons. The van der Waals surface area contributed by atoms with Gasteiger partial charge in [0.25, 0.3) is 5.91 Å². The zero-order valence-electron chi connectivity index (χ0n) is 13.7. The van der Waals surface area contributed by atoms with Crippen LogP contribution in [0.25, 0.3) is 0 Å². The summed E-state index contributed by atoms with van der Waals surface area (Å²) in [4.78, 5) is 27.0. The Hall–Kier alpha value is -2.34. The molecule has 0 saturated carbocycles. The molecule has 0 spiro atoms. The average Bonchev–Trinajstić information content (AvgIpc) is 2.90. The van der Waals surface area contributed by atoms with E-state index >= 15 is 0 Å². The first-order chi connectivity index (χ1) is 12.5. The van der Waals surface area contributed by atoms with Crippen LogP contribution in [-0.2, 0) is 15.1 Å². The minimum atomic E-state index is -1.33. The van der Waals surface area contributed by atoms with Gasteiger partial charge < -0.3 is 10.1 Å². The highest BCUT2D eigenvalue weighted by atomic mass is 35.5. The van der Waals surface area contributed by atoms with Gasteiger partial charge >= 0.3 is 6.03 Å². The summed E-state index contributed by atoms with van der Waals surface area (Å²) in [6.45, 7) is 3.83. The summed E-state index contributed by atoms with van der Waals surface area (Å²) in [5, 5.41) is 3.37.